The molecule has 0 bridgehead atoms. The van der Waals surface area contributed by atoms with Crippen molar-refractivity contribution in [3.05, 3.63) is 24.3 Å². The van der Waals surface area contributed by atoms with Gasteiger partial charge in [0.1, 0.15) is 6.10 Å². The lowest BCUT2D eigenvalue weighted by molar-refractivity contribution is 0.372. The van der Waals surface area contributed by atoms with Gasteiger partial charge >= 0.3 is 0 Å². The van der Waals surface area contributed by atoms with E-state index in [4.69, 9.17) is 4.74 Å². The van der Waals surface area contributed by atoms with Gasteiger partial charge < -0.3 is 4.74 Å². The summed E-state index contributed by atoms with van der Waals surface area (Å²) in [5, 5.41) is 0. The summed E-state index contributed by atoms with van der Waals surface area (Å²) in [5.41, 5.74) is 0. The molecule has 0 aromatic rings. The predicted molar refractivity (Wildman–Crippen MR) is 98.3 cm³/mol. The average molecular weight is 307 g/mol. The Kier molecular flexibility index (Phi) is 12.5. The summed E-state index contributed by atoms with van der Waals surface area (Å²) < 4.78 is 5.71. The lowest BCUT2D eigenvalue weighted by Crippen LogP contribution is -1.91. The van der Waals surface area contributed by atoms with Gasteiger partial charge in [0.15, 0.2) is 0 Å². The molecule has 128 valence electrons. The Morgan fingerprint density at radius 1 is 0.727 bits per heavy atom. The molecule has 1 saturated heterocycles. The first-order valence-electron chi connectivity index (χ1n) is 9.85. The first-order chi connectivity index (χ1) is 10.9. The predicted octanol–water partition coefficient (Wildman–Crippen LogP) is 6.98. The number of allylic oxidation sites excluding steroid dienone is 3. The van der Waals surface area contributed by atoms with E-state index in [0.29, 0.717) is 12.2 Å². The molecule has 1 rings (SSSR count). The molecule has 1 nitrogen and oxygen atoms in total. The van der Waals surface area contributed by atoms with Crippen molar-refractivity contribution in [1.82, 2.24) is 0 Å². The zero-order chi connectivity index (χ0) is 15.9. The number of ether oxygens (including phenoxy) is 1. The fraction of sp³-hybridized carbons (Fsp3) is 0.810. The van der Waals surface area contributed by atoms with Crippen molar-refractivity contribution < 1.29 is 4.74 Å². The average Bonchev–Trinajstić information content (AvgIpc) is 3.27. The smallest absolute Gasteiger partial charge is 0.102 e. The van der Waals surface area contributed by atoms with Crippen LogP contribution in [0.25, 0.3) is 0 Å². The molecular weight excluding hydrogens is 268 g/mol. The van der Waals surface area contributed by atoms with Crippen LogP contribution in [-0.2, 0) is 4.74 Å². The Morgan fingerprint density at radius 2 is 1.41 bits per heavy atom. The standard InChI is InChI=1S/C21H38O/c1-3-5-7-9-11-13-15-17-19-21-20(22-21)18-16-14-12-10-8-6-4-2/h11,13,17,19-21H,3-10,12,14-16,18H2,1-2H3. The van der Waals surface area contributed by atoms with Crippen LogP contribution in [0.3, 0.4) is 0 Å². The summed E-state index contributed by atoms with van der Waals surface area (Å²) in [7, 11) is 0. The van der Waals surface area contributed by atoms with E-state index in [1.807, 2.05) is 0 Å². The van der Waals surface area contributed by atoms with Crippen LogP contribution in [0.4, 0.5) is 0 Å². The van der Waals surface area contributed by atoms with Gasteiger partial charge in [0, 0.05) is 0 Å². The number of unbranched alkanes of at least 4 members (excludes halogenated alkanes) is 9. The lowest BCUT2D eigenvalue weighted by atomic mass is 10.1. The maximum absolute atomic E-state index is 5.71. The molecule has 0 spiro atoms. The highest BCUT2D eigenvalue weighted by Crippen LogP contribution is 2.28. The van der Waals surface area contributed by atoms with Gasteiger partial charge in [0.25, 0.3) is 0 Å². The highest BCUT2D eigenvalue weighted by atomic mass is 16.6. The SMILES string of the molecule is CCCCCC=CCC=CC1OC1CCCCCCCCC. The Bertz CT molecular complexity index is 292. The zero-order valence-electron chi connectivity index (χ0n) is 15.1. The summed E-state index contributed by atoms with van der Waals surface area (Å²) in [4.78, 5) is 0. The van der Waals surface area contributed by atoms with E-state index in [1.54, 1.807) is 0 Å². The van der Waals surface area contributed by atoms with Gasteiger partial charge in [0.2, 0.25) is 0 Å². The van der Waals surface area contributed by atoms with Gasteiger partial charge in [-0.3, -0.25) is 0 Å². The molecule has 0 saturated carbocycles. The maximum Gasteiger partial charge on any atom is 0.102 e. The topological polar surface area (TPSA) is 12.5 Å². The second-order valence-corrected chi connectivity index (χ2v) is 6.68. The van der Waals surface area contributed by atoms with Crippen LogP contribution in [0.15, 0.2) is 24.3 Å². The first-order valence-corrected chi connectivity index (χ1v) is 9.85. The Labute approximate surface area is 139 Å². The third kappa shape index (κ3) is 11.1. The number of hydrogen-bond acceptors (Lipinski definition) is 1. The monoisotopic (exact) mass is 306 g/mol. The van der Waals surface area contributed by atoms with Gasteiger partial charge in [-0.25, -0.2) is 0 Å². The van der Waals surface area contributed by atoms with Crippen molar-refractivity contribution >= 4 is 0 Å². The van der Waals surface area contributed by atoms with Crippen molar-refractivity contribution in [3.63, 3.8) is 0 Å². The molecule has 0 radical (unpaired) electrons. The minimum Gasteiger partial charge on any atom is -0.365 e. The lowest BCUT2D eigenvalue weighted by Gasteiger charge is -1.99. The van der Waals surface area contributed by atoms with E-state index in [2.05, 4.69) is 38.2 Å². The molecule has 0 aromatic heterocycles. The van der Waals surface area contributed by atoms with E-state index in [9.17, 15) is 0 Å². The summed E-state index contributed by atoms with van der Waals surface area (Å²) in [6, 6.07) is 0. The normalized spacial score (nSPS) is 21.2. The number of rotatable bonds is 15. The fourth-order valence-electron chi connectivity index (χ4n) is 2.88. The van der Waals surface area contributed by atoms with E-state index >= 15 is 0 Å². The molecule has 1 heterocycles. The van der Waals surface area contributed by atoms with Crippen LogP contribution in [0.5, 0.6) is 0 Å². The van der Waals surface area contributed by atoms with Crippen LogP contribution in [0.2, 0.25) is 0 Å². The third-order valence-corrected chi connectivity index (χ3v) is 4.45. The molecule has 2 unspecified atom stereocenters. The van der Waals surface area contributed by atoms with E-state index in [0.717, 1.165) is 6.42 Å². The van der Waals surface area contributed by atoms with Crippen molar-refractivity contribution in [3.8, 4) is 0 Å². The highest BCUT2D eigenvalue weighted by molar-refractivity contribution is 5.04. The van der Waals surface area contributed by atoms with Gasteiger partial charge in [-0.15, -0.1) is 0 Å². The van der Waals surface area contributed by atoms with Gasteiger partial charge in [-0.2, -0.15) is 0 Å². The molecule has 1 aliphatic rings. The Hall–Kier alpha value is -0.560. The molecule has 22 heavy (non-hydrogen) atoms. The summed E-state index contributed by atoms with van der Waals surface area (Å²) in [6.07, 6.45) is 27.4. The van der Waals surface area contributed by atoms with Crippen molar-refractivity contribution in [2.75, 3.05) is 0 Å². The van der Waals surface area contributed by atoms with E-state index in [-0.39, 0.29) is 0 Å². The summed E-state index contributed by atoms with van der Waals surface area (Å²) >= 11 is 0. The highest BCUT2D eigenvalue weighted by Gasteiger charge is 2.35. The maximum atomic E-state index is 5.71. The minimum atomic E-state index is 0.425. The van der Waals surface area contributed by atoms with Crippen LogP contribution in [0.1, 0.15) is 97.3 Å². The molecule has 1 heteroatoms. The summed E-state index contributed by atoms with van der Waals surface area (Å²) in [6.45, 7) is 4.53. The largest absolute Gasteiger partial charge is 0.365 e. The van der Waals surface area contributed by atoms with Gasteiger partial charge in [0.05, 0.1) is 6.10 Å². The van der Waals surface area contributed by atoms with Gasteiger partial charge in [-0.1, -0.05) is 95.9 Å². The molecular formula is C21H38O. The molecule has 0 N–H and O–H groups in total. The van der Waals surface area contributed by atoms with Crippen LogP contribution in [-0.4, -0.2) is 12.2 Å². The molecule has 0 aromatic carbocycles. The molecule has 1 aliphatic heterocycles. The summed E-state index contributed by atoms with van der Waals surface area (Å²) in [5.74, 6) is 0. The Balaban J connectivity index is 1.86. The number of epoxide rings is 1. The van der Waals surface area contributed by atoms with Gasteiger partial charge in [-0.05, 0) is 25.7 Å². The van der Waals surface area contributed by atoms with E-state index < -0.39 is 0 Å². The second kappa shape index (κ2) is 14.1. The van der Waals surface area contributed by atoms with Crippen molar-refractivity contribution in [2.45, 2.75) is 110 Å². The molecule has 0 aliphatic carbocycles. The van der Waals surface area contributed by atoms with Crippen LogP contribution >= 0.6 is 0 Å². The third-order valence-electron chi connectivity index (χ3n) is 4.45. The quantitative estimate of drug-likeness (QED) is 0.181. The van der Waals surface area contributed by atoms with E-state index in [1.165, 1.54) is 77.0 Å². The zero-order valence-corrected chi connectivity index (χ0v) is 15.1. The molecule has 1 fully saturated rings. The minimum absolute atomic E-state index is 0.425. The Morgan fingerprint density at radius 3 is 2.18 bits per heavy atom. The van der Waals surface area contributed by atoms with Crippen molar-refractivity contribution in [2.24, 2.45) is 0 Å². The fourth-order valence-corrected chi connectivity index (χ4v) is 2.88. The first kappa shape index (κ1) is 19.5. The van der Waals surface area contributed by atoms with Crippen LogP contribution in [0, 0.1) is 0 Å². The molecule has 0 amide bonds. The second-order valence-electron chi connectivity index (χ2n) is 6.68. The number of hydrogen-bond donors (Lipinski definition) is 0. The molecule has 2 atom stereocenters. The van der Waals surface area contributed by atoms with Crippen LogP contribution < -0.4 is 0 Å². The van der Waals surface area contributed by atoms with Crippen molar-refractivity contribution in [1.29, 1.82) is 0 Å².